The molecule has 0 radical (unpaired) electrons. The lowest BCUT2D eigenvalue weighted by atomic mass is 10.1. The van der Waals surface area contributed by atoms with E-state index in [4.69, 9.17) is 10.8 Å². The van der Waals surface area contributed by atoms with Crippen LogP contribution < -0.4 is 11.1 Å². The van der Waals surface area contributed by atoms with E-state index in [0.717, 1.165) is 5.56 Å². The van der Waals surface area contributed by atoms with Crippen molar-refractivity contribution in [2.24, 2.45) is 0 Å². The first-order chi connectivity index (χ1) is 7.50. The van der Waals surface area contributed by atoms with Crippen molar-refractivity contribution in [2.75, 3.05) is 12.3 Å². The number of carbonyl (C=O) groups excluding carboxylic acids is 1. The van der Waals surface area contributed by atoms with Gasteiger partial charge in [0.2, 0.25) is 0 Å². The molecule has 0 aliphatic heterocycles. The van der Waals surface area contributed by atoms with Crippen molar-refractivity contribution in [3.63, 3.8) is 0 Å². The van der Waals surface area contributed by atoms with E-state index in [1.165, 1.54) is 0 Å². The first kappa shape index (κ1) is 12.5. The lowest BCUT2D eigenvalue weighted by Crippen LogP contribution is -2.27. The Balaban J connectivity index is 2.62. The third-order valence-electron chi connectivity index (χ3n) is 2.35. The minimum absolute atomic E-state index is 0.148. The highest BCUT2D eigenvalue weighted by Crippen LogP contribution is 2.12. The fraction of sp³-hybridized carbons (Fsp3) is 0.417. The van der Waals surface area contributed by atoms with Crippen LogP contribution in [0.25, 0.3) is 0 Å². The van der Waals surface area contributed by atoms with Crippen LogP contribution in [0.2, 0.25) is 0 Å². The molecule has 0 aromatic heterocycles. The summed E-state index contributed by atoms with van der Waals surface area (Å²) in [5.74, 6) is -0.148. The number of hydrogen-bond acceptors (Lipinski definition) is 3. The molecule has 88 valence electrons. The zero-order valence-electron chi connectivity index (χ0n) is 9.66. The lowest BCUT2D eigenvalue weighted by molar-refractivity contribution is 0.0945. The number of carbonyl (C=O) groups is 1. The van der Waals surface area contributed by atoms with Gasteiger partial charge < -0.3 is 16.2 Å². The largest absolute Gasteiger partial charge is 0.399 e. The van der Waals surface area contributed by atoms with E-state index >= 15 is 0 Å². The molecule has 0 heterocycles. The van der Waals surface area contributed by atoms with E-state index in [9.17, 15) is 4.79 Å². The molecule has 1 aromatic carbocycles. The molecule has 0 saturated carbocycles. The van der Waals surface area contributed by atoms with Crippen LogP contribution in [0.5, 0.6) is 0 Å². The molecule has 16 heavy (non-hydrogen) atoms. The van der Waals surface area contributed by atoms with Crippen molar-refractivity contribution in [3.8, 4) is 0 Å². The molecule has 1 aromatic rings. The van der Waals surface area contributed by atoms with Crippen LogP contribution in [0.3, 0.4) is 0 Å². The van der Waals surface area contributed by atoms with Crippen LogP contribution in [0.1, 0.15) is 29.3 Å². The Bertz CT molecular complexity index is 375. The zero-order valence-corrected chi connectivity index (χ0v) is 9.66. The normalized spacial score (nSPS) is 12.2. The second-order valence-electron chi connectivity index (χ2n) is 3.97. The Labute approximate surface area is 95.5 Å². The van der Waals surface area contributed by atoms with Gasteiger partial charge in [0.1, 0.15) is 0 Å². The number of nitrogens with one attached hydrogen (secondary N) is 1. The molecule has 4 heteroatoms. The molecule has 1 amide bonds. The maximum absolute atomic E-state index is 11.8. The molecule has 4 nitrogen and oxygen atoms in total. The third kappa shape index (κ3) is 3.55. The molecule has 1 rings (SSSR count). The first-order valence-electron chi connectivity index (χ1n) is 5.33. The van der Waals surface area contributed by atoms with Crippen molar-refractivity contribution in [1.29, 1.82) is 0 Å². The van der Waals surface area contributed by atoms with Crippen LogP contribution >= 0.6 is 0 Å². The van der Waals surface area contributed by atoms with Gasteiger partial charge in [0.15, 0.2) is 0 Å². The average Bonchev–Trinajstić information content (AvgIpc) is 2.21. The second kappa shape index (κ2) is 5.51. The highest BCUT2D eigenvalue weighted by molar-refractivity contribution is 5.96. The number of nitrogen functional groups attached to an aromatic ring is 1. The minimum atomic E-state index is -0.401. The Hall–Kier alpha value is -1.55. The number of aryl methyl sites for hydroxylation is 1. The predicted molar refractivity (Wildman–Crippen MR) is 64.2 cm³/mol. The second-order valence-corrected chi connectivity index (χ2v) is 3.97. The van der Waals surface area contributed by atoms with E-state index in [2.05, 4.69) is 5.32 Å². The lowest BCUT2D eigenvalue weighted by Gasteiger charge is -2.09. The van der Waals surface area contributed by atoms with Gasteiger partial charge in [-0.25, -0.2) is 0 Å². The molecule has 4 N–H and O–H groups in total. The summed E-state index contributed by atoms with van der Waals surface area (Å²) in [7, 11) is 0. The SMILES string of the molecule is Cc1ccc(N)cc1C(=O)NCCC(C)O. The molecule has 1 unspecified atom stereocenters. The Morgan fingerprint density at radius 1 is 1.56 bits per heavy atom. The number of nitrogens with two attached hydrogens (primary N) is 1. The van der Waals surface area contributed by atoms with Gasteiger partial charge in [0.05, 0.1) is 6.10 Å². The van der Waals surface area contributed by atoms with Crippen molar-refractivity contribution < 1.29 is 9.90 Å². The predicted octanol–water partition coefficient (Wildman–Crippen LogP) is 1.08. The number of amides is 1. The molecular formula is C12H18N2O2. The fourth-order valence-corrected chi connectivity index (χ4v) is 1.37. The number of rotatable bonds is 4. The smallest absolute Gasteiger partial charge is 0.251 e. The van der Waals surface area contributed by atoms with Gasteiger partial charge in [0.25, 0.3) is 5.91 Å². The quantitative estimate of drug-likeness (QED) is 0.667. The highest BCUT2D eigenvalue weighted by atomic mass is 16.3. The van der Waals surface area contributed by atoms with Gasteiger partial charge in [0, 0.05) is 17.8 Å². The van der Waals surface area contributed by atoms with E-state index < -0.39 is 6.10 Å². The summed E-state index contributed by atoms with van der Waals surface area (Å²) in [4.78, 5) is 11.8. The average molecular weight is 222 g/mol. The van der Waals surface area contributed by atoms with E-state index in [0.29, 0.717) is 24.2 Å². The number of aliphatic hydroxyl groups excluding tert-OH is 1. The summed E-state index contributed by atoms with van der Waals surface area (Å²) in [6.07, 6.45) is 0.148. The summed E-state index contributed by atoms with van der Waals surface area (Å²) in [6.45, 7) is 4.02. The molecule has 0 fully saturated rings. The van der Waals surface area contributed by atoms with Crippen LogP contribution in [0, 0.1) is 6.92 Å². The third-order valence-corrected chi connectivity index (χ3v) is 2.35. The van der Waals surface area contributed by atoms with Crippen LogP contribution in [-0.4, -0.2) is 23.7 Å². The van der Waals surface area contributed by atoms with Gasteiger partial charge >= 0.3 is 0 Å². The highest BCUT2D eigenvalue weighted by Gasteiger charge is 2.08. The van der Waals surface area contributed by atoms with Gasteiger partial charge in [-0.05, 0) is 38.0 Å². The molecular weight excluding hydrogens is 204 g/mol. The van der Waals surface area contributed by atoms with Crippen molar-refractivity contribution in [1.82, 2.24) is 5.32 Å². The zero-order chi connectivity index (χ0) is 12.1. The Morgan fingerprint density at radius 2 is 2.25 bits per heavy atom. The van der Waals surface area contributed by atoms with E-state index in [1.54, 1.807) is 19.1 Å². The fourth-order valence-electron chi connectivity index (χ4n) is 1.37. The van der Waals surface area contributed by atoms with E-state index in [-0.39, 0.29) is 5.91 Å². The van der Waals surface area contributed by atoms with Crippen LogP contribution in [-0.2, 0) is 0 Å². The maximum atomic E-state index is 11.8. The van der Waals surface area contributed by atoms with Gasteiger partial charge in [-0.1, -0.05) is 6.07 Å². The first-order valence-corrected chi connectivity index (χ1v) is 5.33. The molecule has 0 bridgehead atoms. The molecule has 1 atom stereocenters. The monoisotopic (exact) mass is 222 g/mol. The summed E-state index contributed by atoms with van der Waals surface area (Å²) in [5.41, 5.74) is 7.68. The standard InChI is InChI=1S/C12H18N2O2/c1-8-3-4-10(13)7-11(8)12(16)14-6-5-9(2)15/h3-4,7,9,15H,5-6,13H2,1-2H3,(H,14,16). The minimum Gasteiger partial charge on any atom is -0.399 e. The molecule has 0 aliphatic rings. The van der Waals surface area contributed by atoms with Crippen molar-refractivity contribution in [3.05, 3.63) is 29.3 Å². The molecule has 0 spiro atoms. The van der Waals surface area contributed by atoms with Crippen molar-refractivity contribution >= 4 is 11.6 Å². The Morgan fingerprint density at radius 3 is 2.88 bits per heavy atom. The summed E-state index contributed by atoms with van der Waals surface area (Å²) in [5, 5.41) is 11.8. The number of hydrogen-bond donors (Lipinski definition) is 3. The molecule has 0 saturated heterocycles. The summed E-state index contributed by atoms with van der Waals surface area (Å²) in [6, 6.07) is 5.24. The van der Waals surface area contributed by atoms with Crippen molar-refractivity contribution in [2.45, 2.75) is 26.4 Å². The topological polar surface area (TPSA) is 75.4 Å². The summed E-state index contributed by atoms with van der Waals surface area (Å²) < 4.78 is 0. The van der Waals surface area contributed by atoms with Crippen LogP contribution in [0.15, 0.2) is 18.2 Å². The van der Waals surface area contributed by atoms with Crippen LogP contribution in [0.4, 0.5) is 5.69 Å². The van der Waals surface area contributed by atoms with Gasteiger partial charge in [-0.3, -0.25) is 4.79 Å². The number of benzene rings is 1. The van der Waals surface area contributed by atoms with Gasteiger partial charge in [-0.2, -0.15) is 0 Å². The Kier molecular flexibility index (Phi) is 4.31. The maximum Gasteiger partial charge on any atom is 0.251 e. The number of aliphatic hydroxyl groups is 1. The summed E-state index contributed by atoms with van der Waals surface area (Å²) >= 11 is 0. The number of anilines is 1. The van der Waals surface area contributed by atoms with Gasteiger partial charge in [-0.15, -0.1) is 0 Å². The molecule has 0 aliphatic carbocycles. The van der Waals surface area contributed by atoms with E-state index in [1.807, 2.05) is 13.0 Å².